The van der Waals surface area contributed by atoms with Crippen molar-refractivity contribution in [1.82, 2.24) is 25.6 Å². The number of carbonyl (C=O) groups is 3. The number of rotatable bonds is 14. The third-order valence-corrected chi connectivity index (χ3v) is 8.98. The summed E-state index contributed by atoms with van der Waals surface area (Å²) in [6, 6.07) is 23.5. The second-order valence-corrected chi connectivity index (χ2v) is 14.5. The molecule has 0 radical (unpaired) electrons. The summed E-state index contributed by atoms with van der Waals surface area (Å²) < 4.78 is 49.4. The lowest BCUT2D eigenvalue weighted by atomic mass is 9.93. The molecule has 3 amide bonds. The van der Waals surface area contributed by atoms with Crippen molar-refractivity contribution in [2.75, 3.05) is 35.6 Å². The molecule has 3 aromatic carbocycles. The van der Waals surface area contributed by atoms with Crippen LogP contribution in [0.25, 0.3) is 11.3 Å². The molecule has 0 unspecified atom stereocenters. The van der Waals surface area contributed by atoms with Gasteiger partial charge in [0.05, 0.1) is 11.2 Å². The summed E-state index contributed by atoms with van der Waals surface area (Å²) in [6.45, 7) is 4.09. The number of aryl methyl sites for hydroxylation is 1. The molecule has 1 aliphatic carbocycles. The number of nitrogens with one attached hydrogen (secondary N) is 5. The molecule has 1 saturated carbocycles. The highest BCUT2D eigenvalue weighted by atomic mass is 35.5. The number of aromatic nitrogens is 3. The van der Waals surface area contributed by atoms with E-state index in [1.807, 2.05) is 26.0 Å². The molecule has 13 nitrogen and oxygen atoms in total. The molecule has 0 atom stereocenters. The average Bonchev–Trinajstić information content (AvgIpc) is 3.81. The molecular formula is C39H38ClF3N8O5. The van der Waals surface area contributed by atoms with E-state index >= 15 is 0 Å². The van der Waals surface area contributed by atoms with Crippen molar-refractivity contribution >= 4 is 52.6 Å². The Bertz CT molecular complexity index is 2210. The van der Waals surface area contributed by atoms with Crippen LogP contribution in [0.2, 0.25) is 5.02 Å². The summed E-state index contributed by atoms with van der Waals surface area (Å²) in [6.07, 6.45) is -3.15. The molecule has 2 heterocycles. The Morgan fingerprint density at radius 2 is 1.52 bits per heavy atom. The number of hydrogen-bond donors (Lipinski definition) is 5. The summed E-state index contributed by atoms with van der Waals surface area (Å²) >= 11 is 6.04. The Balaban J connectivity index is 1.03. The van der Waals surface area contributed by atoms with Crippen LogP contribution in [-0.4, -0.2) is 58.5 Å². The summed E-state index contributed by atoms with van der Waals surface area (Å²) in [5.41, 5.74) is 1.54. The summed E-state index contributed by atoms with van der Waals surface area (Å²) in [4.78, 5) is 50.9. The normalized spacial score (nSPS) is 13.3. The largest absolute Gasteiger partial charge is 0.461 e. The highest BCUT2D eigenvalue weighted by Gasteiger charge is 2.45. The molecular weight excluding hydrogens is 753 g/mol. The molecule has 2 aromatic heterocycles. The van der Waals surface area contributed by atoms with Gasteiger partial charge in [-0.1, -0.05) is 49.7 Å². The van der Waals surface area contributed by atoms with Crippen molar-refractivity contribution in [3.63, 3.8) is 0 Å². The number of carbonyl (C=O) groups excluding carboxylic acids is 3. The molecule has 1 fully saturated rings. The fourth-order valence-electron chi connectivity index (χ4n) is 5.56. The number of ether oxygens (including phenoxy) is 1. The van der Waals surface area contributed by atoms with Crippen LogP contribution in [0, 0.1) is 12.3 Å². The van der Waals surface area contributed by atoms with E-state index in [1.54, 1.807) is 79.7 Å². The van der Waals surface area contributed by atoms with Gasteiger partial charge in [-0.15, -0.1) is 0 Å². The second kappa shape index (κ2) is 16.3. The van der Waals surface area contributed by atoms with Crippen molar-refractivity contribution in [2.24, 2.45) is 5.41 Å². The first-order valence-corrected chi connectivity index (χ1v) is 17.8. The summed E-state index contributed by atoms with van der Waals surface area (Å²) in [7, 11) is 0. The number of alkyl halides is 3. The average molecular weight is 791 g/mol. The number of amides is 3. The van der Waals surface area contributed by atoms with Gasteiger partial charge in [-0.2, -0.15) is 28.1 Å². The van der Waals surface area contributed by atoms with Crippen LogP contribution in [0.3, 0.4) is 0 Å². The zero-order valence-electron chi connectivity index (χ0n) is 30.5. The zero-order valence-corrected chi connectivity index (χ0v) is 31.3. The summed E-state index contributed by atoms with van der Waals surface area (Å²) in [5, 5.41) is 14.8. The maximum absolute atomic E-state index is 13.0. The highest BCUT2D eigenvalue weighted by molar-refractivity contribution is 6.40. The Labute approximate surface area is 324 Å². The Morgan fingerprint density at radius 3 is 2.18 bits per heavy atom. The van der Waals surface area contributed by atoms with Crippen LogP contribution in [0.5, 0.6) is 6.01 Å². The highest BCUT2D eigenvalue weighted by Crippen LogP contribution is 2.48. The SMILES string of the molecule is Cc1ccc(-c2ccccc2NC(=O)C(=O)NCC(C)(C)CNC(=O)c2ccc(Nc3nc(NC4(c5ccc(Cl)cc5)CC4)nc(OCC(F)(F)F)n3)cc2)o1. The quantitative estimate of drug-likeness (QED) is 0.0715. The van der Waals surface area contributed by atoms with Crippen molar-refractivity contribution in [1.29, 1.82) is 0 Å². The predicted octanol–water partition coefficient (Wildman–Crippen LogP) is 7.39. The fourth-order valence-corrected chi connectivity index (χ4v) is 5.68. The van der Waals surface area contributed by atoms with Crippen molar-refractivity contribution in [3.05, 3.63) is 107 Å². The molecule has 5 aromatic rings. The van der Waals surface area contributed by atoms with Crippen LogP contribution >= 0.6 is 11.6 Å². The standard InChI is InChI=1S/C39H38ClF3N8O5/c1-23-8-17-30(56-23)28-6-4-5-7-29(28)47-33(54)32(53)45-21-37(2,3)20-44-31(52)24-9-15-27(16-10-24)46-34-48-35(50-36(49-34)55-22-39(41,42)43)51-38(18-19-38)25-11-13-26(40)14-12-25/h4-17H,18-22H2,1-3H3,(H,44,52)(H,45,53)(H,47,54)(H2,46,48,49,50,51). The number of anilines is 4. The van der Waals surface area contributed by atoms with Crippen LogP contribution < -0.4 is 31.3 Å². The minimum atomic E-state index is -4.61. The lowest BCUT2D eigenvalue weighted by molar-refractivity contribution is -0.154. The van der Waals surface area contributed by atoms with Gasteiger partial charge in [0.15, 0.2) is 6.61 Å². The van der Waals surface area contributed by atoms with E-state index in [4.69, 9.17) is 20.8 Å². The first-order valence-electron chi connectivity index (χ1n) is 17.5. The van der Waals surface area contributed by atoms with E-state index in [1.165, 1.54) is 0 Å². The number of nitrogens with zero attached hydrogens (tertiary/aromatic N) is 3. The van der Waals surface area contributed by atoms with Crippen LogP contribution in [0.4, 0.5) is 36.4 Å². The molecule has 0 bridgehead atoms. The van der Waals surface area contributed by atoms with E-state index in [9.17, 15) is 27.6 Å². The first kappa shape index (κ1) is 39.5. The number of hydrogen-bond acceptors (Lipinski definition) is 10. The van der Waals surface area contributed by atoms with Gasteiger partial charge in [-0.25, -0.2) is 0 Å². The first-order chi connectivity index (χ1) is 26.6. The van der Waals surface area contributed by atoms with Gasteiger partial charge in [0, 0.05) is 34.9 Å². The number of para-hydroxylation sites is 1. The van der Waals surface area contributed by atoms with Crippen LogP contribution in [0.1, 0.15) is 48.4 Å². The molecule has 56 heavy (non-hydrogen) atoms. The zero-order chi connectivity index (χ0) is 40.1. The lowest BCUT2D eigenvalue weighted by Gasteiger charge is -2.25. The molecule has 5 N–H and O–H groups in total. The number of benzene rings is 3. The lowest BCUT2D eigenvalue weighted by Crippen LogP contribution is -2.45. The van der Waals surface area contributed by atoms with Gasteiger partial charge in [-0.05, 0) is 91.4 Å². The molecule has 1 aliphatic rings. The maximum atomic E-state index is 13.0. The van der Waals surface area contributed by atoms with Gasteiger partial charge in [0.2, 0.25) is 11.9 Å². The minimum Gasteiger partial charge on any atom is -0.461 e. The van der Waals surface area contributed by atoms with Gasteiger partial charge < -0.3 is 35.7 Å². The van der Waals surface area contributed by atoms with E-state index < -0.39 is 47.5 Å². The van der Waals surface area contributed by atoms with E-state index in [0.717, 1.165) is 18.4 Å². The van der Waals surface area contributed by atoms with E-state index in [-0.39, 0.29) is 25.0 Å². The second-order valence-electron chi connectivity index (χ2n) is 14.0. The molecule has 0 spiro atoms. The van der Waals surface area contributed by atoms with Crippen molar-refractivity contribution < 1.29 is 36.7 Å². The van der Waals surface area contributed by atoms with Crippen molar-refractivity contribution in [2.45, 2.75) is 45.3 Å². The van der Waals surface area contributed by atoms with Gasteiger partial charge in [0.1, 0.15) is 11.5 Å². The molecule has 0 aliphatic heterocycles. The molecule has 6 rings (SSSR count). The summed E-state index contributed by atoms with van der Waals surface area (Å²) in [5.74, 6) is -0.914. The third-order valence-electron chi connectivity index (χ3n) is 8.72. The van der Waals surface area contributed by atoms with Gasteiger partial charge in [0.25, 0.3) is 5.91 Å². The minimum absolute atomic E-state index is 0.00742. The molecule has 17 heteroatoms. The third kappa shape index (κ3) is 10.5. The maximum Gasteiger partial charge on any atom is 0.422 e. The van der Waals surface area contributed by atoms with Gasteiger partial charge in [-0.3, -0.25) is 14.4 Å². The Hall–Kier alpha value is -6.16. The smallest absolute Gasteiger partial charge is 0.422 e. The monoisotopic (exact) mass is 790 g/mol. The van der Waals surface area contributed by atoms with Crippen LogP contribution in [0.15, 0.2) is 89.3 Å². The number of furan rings is 1. The Kier molecular flexibility index (Phi) is 11.5. The van der Waals surface area contributed by atoms with E-state index in [2.05, 4.69) is 41.5 Å². The molecule has 0 saturated heterocycles. The predicted molar refractivity (Wildman–Crippen MR) is 204 cm³/mol. The number of halogens is 4. The van der Waals surface area contributed by atoms with Gasteiger partial charge >= 0.3 is 24.0 Å². The van der Waals surface area contributed by atoms with Crippen LogP contribution in [-0.2, 0) is 15.1 Å². The molecule has 292 valence electrons. The topological polar surface area (TPSA) is 172 Å². The fraction of sp³-hybridized carbons (Fsp3) is 0.282. The van der Waals surface area contributed by atoms with Crippen molar-refractivity contribution in [3.8, 4) is 17.3 Å². The van der Waals surface area contributed by atoms with E-state index in [0.29, 0.717) is 39.0 Å². The Morgan fingerprint density at radius 1 is 0.839 bits per heavy atom.